The summed E-state index contributed by atoms with van der Waals surface area (Å²) in [5.41, 5.74) is 1.30. The highest BCUT2D eigenvalue weighted by molar-refractivity contribution is 7.22. The molecular formula is C21H19ClN4O2S. The molecule has 0 bridgehead atoms. The van der Waals surface area contributed by atoms with E-state index in [0.717, 1.165) is 23.2 Å². The Morgan fingerprint density at radius 1 is 1.24 bits per heavy atom. The summed E-state index contributed by atoms with van der Waals surface area (Å²) in [5, 5.41) is 1.22. The van der Waals surface area contributed by atoms with E-state index in [1.165, 1.54) is 11.3 Å². The first-order chi connectivity index (χ1) is 14.2. The van der Waals surface area contributed by atoms with Crippen LogP contribution < -0.4 is 9.64 Å². The molecule has 0 saturated heterocycles. The minimum Gasteiger partial charge on any atom is -0.497 e. The minimum absolute atomic E-state index is 0.103. The lowest BCUT2D eigenvalue weighted by Gasteiger charge is -2.20. The lowest BCUT2D eigenvalue weighted by Crippen LogP contribution is -2.32. The van der Waals surface area contributed by atoms with Gasteiger partial charge in [0.15, 0.2) is 5.13 Å². The first-order valence-corrected chi connectivity index (χ1v) is 10.3. The molecule has 2 aromatic heterocycles. The van der Waals surface area contributed by atoms with Crippen LogP contribution in [0.1, 0.15) is 16.8 Å². The highest BCUT2D eigenvalue weighted by Crippen LogP contribution is 2.33. The number of hydrogen-bond donors (Lipinski definition) is 0. The van der Waals surface area contributed by atoms with Crippen LogP contribution in [-0.2, 0) is 6.54 Å². The number of carbonyl (C=O) groups is 1. The molecule has 2 aromatic carbocycles. The zero-order valence-electron chi connectivity index (χ0n) is 15.8. The number of nitrogens with zero attached hydrogens (tertiary/aromatic N) is 4. The second kappa shape index (κ2) is 8.63. The average Bonchev–Trinajstić information content (AvgIpc) is 3.41. The molecular weight excluding hydrogens is 408 g/mol. The Morgan fingerprint density at radius 3 is 2.76 bits per heavy atom. The lowest BCUT2D eigenvalue weighted by molar-refractivity contribution is 0.0986. The standard InChI is InChI=1S/C21H19ClN4O2S/c1-28-16-8-6-15(7-9-16)20(27)26(12-3-11-25-13-10-23-14-25)21-24-19-17(22)4-2-5-18(19)29-21/h2,4-10,13-14H,3,11-12H2,1H3. The molecule has 0 N–H and O–H groups in total. The molecule has 0 radical (unpaired) electrons. The molecule has 29 heavy (non-hydrogen) atoms. The zero-order valence-corrected chi connectivity index (χ0v) is 17.4. The van der Waals surface area contributed by atoms with Gasteiger partial charge in [0.1, 0.15) is 11.3 Å². The highest BCUT2D eigenvalue weighted by atomic mass is 35.5. The van der Waals surface area contributed by atoms with E-state index in [4.69, 9.17) is 16.3 Å². The normalized spacial score (nSPS) is 11.0. The topological polar surface area (TPSA) is 60.2 Å². The van der Waals surface area contributed by atoms with Gasteiger partial charge < -0.3 is 9.30 Å². The van der Waals surface area contributed by atoms with Crippen molar-refractivity contribution in [1.29, 1.82) is 0 Å². The van der Waals surface area contributed by atoms with Crippen LogP contribution in [0.3, 0.4) is 0 Å². The molecule has 0 aliphatic heterocycles. The summed E-state index contributed by atoms with van der Waals surface area (Å²) in [6.07, 6.45) is 6.19. The number of methoxy groups -OCH3 is 1. The number of aromatic nitrogens is 3. The number of thiazole rings is 1. The van der Waals surface area contributed by atoms with E-state index >= 15 is 0 Å². The van der Waals surface area contributed by atoms with Crippen molar-refractivity contribution in [2.45, 2.75) is 13.0 Å². The summed E-state index contributed by atoms with van der Waals surface area (Å²) in [7, 11) is 1.60. The summed E-state index contributed by atoms with van der Waals surface area (Å²) in [6, 6.07) is 12.8. The monoisotopic (exact) mass is 426 g/mol. The van der Waals surface area contributed by atoms with Crippen molar-refractivity contribution in [3.8, 4) is 5.75 Å². The molecule has 0 aliphatic rings. The number of fused-ring (bicyclic) bond motifs is 1. The van der Waals surface area contributed by atoms with Crippen molar-refractivity contribution in [3.05, 3.63) is 71.8 Å². The number of hydrogen-bond acceptors (Lipinski definition) is 5. The number of anilines is 1. The number of benzene rings is 2. The maximum Gasteiger partial charge on any atom is 0.260 e. The zero-order chi connectivity index (χ0) is 20.2. The quantitative estimate of drug-likeness (QED) is 0.422. The van der Waals surface area contributed by atoms with Crippen molar-refractivity contribution in [3.63, 3.8) is 0 Å². The summed E-state index contributed by atoms with van der Waals surface area (Å²) in [4.78, 5) is 23.7. The number of amides is 1. The Balaban J connectivity index is 1.63. The number of ether oxygens (including phenoxy) is 1. The minimum atomic E-state index is -0.103. The Labute approximate surface area is 177 Å². The van der Waals surface area contributed by atoms with Crippen molar-refractivity contribution >= 4 is 44.2 Å². The maximum absolute atomic E-state index is 13.3. The Kier molecular flexibility index (Phi) is 5.78. The fraction of sp³-hybridized carbons (Fsp3) is 0.190. The van der Waals surface area contributed by atoms with Crippen molar-refractivity contribution in [2.75, 3.05) is 18.6 Å². The van der Waals surface area contributed by atoms with Gasteiger partial charge in [0.2, 0.25) is 0 Å². The third-order valence-electron chi connectivity index (χ3n) is 4.53. The lowest BCUT2D eigenvalue weighted by atomic mass is 10.2. The molecule has 148 valence electrons. The number of carbonyl (C=O) groups excluding carboxylic acids is 1. The number of imidazole rings is 1. The summed E-state index contributed by atoms with van der Waals surface area (Å²) in [5.74, 6) is 0.605. The number of rotatable bonds is 7. The molecule has 4 rings (SSSR count). The second-order valence-corrected chi connectivity index (χ2v) is 7.84. The van der Waals surface area contributed by atoms with Crippen LogP contribution >= 0.6 is 22.9 Å². The first-order valence-electron chi connectivity index (χ1n) is 9.12. The molecule has 0 unspecified atom stereocenters. The van der Waals surface area contributed by atoms with E-state index < -0.39 is 0 Å². The van der Waals surface area contributed by atoms with Crippen LogP contribution in [0.5, 0.6) is 5.75 Å². The number of halogens is 1. The van der Waals surface area contributed by atoms with Gasteiger partial charge in [-0.15, -0.1) is 0 Å². The predicted octanol–water partition coefficient (Wildman–Crippen LogP) is 4.89. The SMILES string of the molecule is COc1ccc(C(=O)N(CCCn2ccnc2)c2nc3c(Cl)cccc3s2)cc1. The van der Waals surface area contributed by atoms with E-state index in [2.05, 4.69) is 9.97 Å². The Morgan fingerprint density at radius 2 is 2.07 bits per heavy atom. The third kappa shape index (κ3) is 4.26. The van der Waals surface area contributed by atoms with Gasteiger partial charge in [-0.3, -0.25) is 9.69 Å². The van der Waals surface area contributed by atoms with Crippen LogP contribution in [0.4, 0.5) is 5.13 Å². The van der Waals surface area contributed by atoms with E-state index in [1.54, 1.807) is 48.8 Å². The summed E-state index contributed by atoms with van der Waals surface area (Å²) in [6.45, 7) is 1.29. The molecule has 8 heteroatoms. The second-order valence-electron chi connectivity index (χ2n) is 6.42. The third-order valence-corrected chi connectivity index (χ3v) is 5.88. The Bertz CT molecular complexity index is 1110. The van der Waals surface area contributed by atoms with E-state index in [9.17, 15) is 4.79 Å². The van der Waals surface area contributed by atoms with Gasteiger partial charge in [-0.1, -0.05) is 29.0 Å². The predicted molar refractivity (Wildman–Crippen MR) is 116 cm³/mol. The smallest absolute Gasteiger partial charge is 0.260 e. The van der Waals surface area contributed by atoms with Crippen LogP contribution in [0.2, 0.25) is 5.02 Å². The van der Waals surface area contributed by atoms with Crippen molar-refractivity contribution < 1.29 is 9.53 Å². The fourth-order valence-corrected chi connectivity index (χ4v) is 4.31. The number of para-hydroxylation sites is 1. The molecule has 2 heterocycles. The van der Waals surface area contributed by atoms with Crippen LogP contribution in [-0.4, -0.2) is 34.1 Å². The first kappa shape index (κ1) is 19.4. The largest absolute Gasteiger partial charge is 0.497 e. The fourth-order valence-electron chi connectivity index (χ4n) is 3.02. The summed E-state index contributed by atoms with van der Waals surface area (Å²) < 4.78 is 8.14. The molecule has 0 atom stereocenters. The van der Waals surface area contributed by atoms with Gasteiger partial charge in [0.25, 0.3) is 5.91 Å². The number of aryl methyl sites for hydroxylation is 1. The van der Waals surface area contributed by atoms with Gasteiger partial charge in [-0.2, -0.15) is 0 Å². The van der Waals surface area contributed by atoms with E-state index in [1.807, 2.05) is 29.0 Å². The molecule has 1 amide bonds. The molecule has 0 fully saturated rings. The van der Waals surface area contributed by atoms with E-state index in [-0.39, 0.29) is 5.91 Å². The van der Waals surface area contributed by atoms with Crippen molar-refractivity contribution in [1.82, 2.24) is 14.5 Å². The van der Waals surface area contributed by atoms with Gasteiger partial charge in [-0.05, 0) is 42.8 Å². The Hall–Kier alpha value is -2.90. The van der Waals surface area contributed by atoms with Gasteiger partial charge in [0.05, 0.1) is 23.2 Å². The van der Waals surface area contributed by atoms with Crippen LogP contribution in [0, 0.1) is 0 Å². The molecule has 4 aromatic rings. The van der Waals surface area contributed by atoms with Gasteiger partial charge in [0, 0.05) is 31.0 Å². The van der Waals surface area contributed by atoms with Crippen molar-refractivity contribution in [2.24, 2.45) is 0 Å². The van der Waals surface area contributed by atoms with Gasteiger partial charge in [-0.25, -0.2) is 9.97 Å². The van der Waals surface area contributed by atoms with Crippen LogP contribution in [0.15, 0.2) is 61.2 Å². The van der Waals surface area contributed by atoms with Gasteiger partial charge >= 0.3 is 0 Å². The van der Waals surface area contributed by atoms with E-state index in [0.29, 0.717) is 28.0 Å². The molecule has 6 nitrogen and oxygen atoms in total. The summed E-state index contributed by atoms with van der Waals surface area (Å²) >= 11 is 7.76. The average molecular weight is 427 g/mol. The molecule has 0 aliphatic carbocycles. The molecule has 0 saturated carbocycles. The molecule has 0 spiro atoms. The maximum atomic E-state index is 13.3. The van der Waals surface area contributed by atoms with Crippen LogP contribution in [0.25, 0.3) is 10.2 Å². The highest BCUT2D eigenvalue weighted by Gasteiger charge is 2.21.